The largest absolute Gasteiger partial charge is 0.0880 e. The molecule has 0 heterocycles. The van der Waals surface area contributed by atoms with Crippen LogP contribution in [0.25, 0.3) is 0 Å². The predicted molar refractivity (Wildman–Crippen MR) is 57.2 cm³/mol. The molecule has 0 saturated heterocycles. The molecule has 0 aromatic carbocycles. The summed E-state index contributed by atoms with van der Waals surface area (Å²) in [5.74, 6) is 0.685. The fourth-order valence-electron chi connectivity index (χ4n) is 0.847. The van der Waals surface area contributed by atoms with Gasteiger partial charge in [0.25, 0.3) is 0 Å². The summed E-state index contributed by atoms with van der Waals surface area (Å²) >= 11 is 0. The van der Waals surface area contributed by atoms with Crippen molar-refractivity contribution in [3.8, 4) is 0 Å². The van der Waals surface area contributed by atoms with E-state index in [1.807, 2.05) is 13.0 Å². The lowest BCUT2D eigenvalue weighted by Crippen LogP contribution is -1.76. The van der Waals surface area contributed by atoms with E-state index in [0.717, 1.165) is 12.8 Å². The van der Waals surface area contributed by atoms with Crippen LogP contribution in [0.2, 0.25) is 0 Å². The highest BCUT2D eigenvalue weighted by Gasteiger charge is 1.81. The number of allylic oxidation sites excluding steroid dienone is 6. The first-order valence-electron chi connectivity index (χ1n) is 4.72. The molecular formula is C12H20. The van der Waals surface area contributed by atoms with Crippen molar-refractivity contribution >= 4 is 0 Å². The highest BCUT2D eigenvalue weighted by Crippen LogP contribution is 1.98. The average molecular weight is 164 g/mol. The highest BCUT2D eigenvalue weighted by molar-refractivity contribution is 5.01. The molecule has 0 atom stereocenters. The summed E-state index contributed by atoms with van der Waals surface area (Å²) in [5.41, 5.74) is 0. The summed E-state index contributed by atoms with van der Waals surface area (Å²) in [5, 5.41) is 0. The van der Waals surface area contributed by atoms with E-state index in [2.05, 4.69) is 44.2 Å². The number of unbranched alkanes of at least 4 members (excludes halogenated alkanes) is 1. The van der Waals surface area contributed by atoms with Crippen molar-refractivity contribution in [1.29, 1.82) is 0 Å². The molecule has 12 heavy (non-hydrogen) atoms. The molecule has 0 radical (unpaired) electrons. The molecule has 0 fully saturated rings. The van der Waals surface area contributed by atoms with Crippen LogP contribution >= 0.6 is 0 Å². The number of hydrogen-bond acceptors (Lipinski definition) is 0. The number of hydrogen-bond donors (Lipinski definition) is 0. The van der Waals surface area contributed by atoms with Crippen LogP contribution in [0.1, 0.15) is 33.6 Å². The monoisotopic (exact) mass is 164 g/mol. The molecule has 68 valence electrons. The molecule has 0 heteroatoms. The first-order chi connectivity index (χ1) is 5.77. The Morgan fingerprint density at radius 3 is 2.25 bits per heavy atom. The van der Waals surface area contributed by atoms with Crippen molar-refractivity contribution in [3.05, 3.63) is 36.5 Å². The zero-order valence-electron chi connectivity index (χ0n) is 8.46. The molecular weight excluding hydrogens is 144 g/mol. The Balaban J connectivity index is 3.32. The molecule has 0 N–H and O–H groups in total. The minimum Gasteiger partial charge on any atom is -0.0880 e. The first-order valence-corrected chi connectivity index (χ1v) is 4.72. The van der Waals surface area contributed by atoms with Crippen LogP contribution in [-0.2, 0) is 0 Å². The molecule has 0 aliphatic heterocycles. The Morgan fingerprint density at radius 1 is 1.00 bits per heavy atom. The predicted octanol–water partition coefficient (Wildman–Crippen LogP) is 4.11. The van der Waals surface area contributed by atoms with Gasteiger partial charge < -0.3 is 0 Å². The Hall–Kier alpha value is -0.780. The Kier molecular flexibility index (Phi) is 7.78. The summed E-state index contributed by atoms with van der Waals surface area (Å²) in [7, 11) is 0. The SMILES string of the molecule is C/C=C/C=C/CC/C=C/C(C)C. The summed E-state index contributed by atoms with van der Waals surface area (Å²) in [6.45, 7) is 6.43. The van der Waals surface area contributed by atoms with E-state index in [1.165, 1.54) is 0 Å². The van der Waals surface area contributed by atoms with Crippen molar-refractivity contribution in [2.75, 3.05) is 0 Å². The lowest BCUT2D eigenvalue weighted by atomic mass is 10.2. The lowest BCUT2D eigenvalue weighted by Gasteiger charge is -1.91. The molecule has 0 rings (SSSR count). The third-order valence-corrected chi connectivity index (χ3v) is 1.46. The van der Waals surface area contributed by atoms with Gasteiger partial charge in [-0.3, -0.25) is 0 Å². The van der Waals surface area contributed by atoms with Gasteiger partial charge in [-0.05, 0) is 25.7 Å². The third-order valence-electron chi connectivity index (χ3n) is 1.46. The van der Waals surface area contributed by atoms with Crippen LogP contribution < -0.4 is 0 Å². The van der Waals surface area contributed by atoms with Gasteiger partial charge in [-0.1, -0.05) is 50.3 Å². The van der Waals surface area contributed by atoms with Crippen LogP contribution in [-0.4, -0.2) is 0 Å². The maximum atomic E-state index is 2.25. The van der Waals surface area contributed by atoms with Gasteiger partial charge >= 0.3 is 0 Å². The van der Waals surface area contributed by atoms with E-state index >= 15 is 0 Å². The molecule has 0 aliphatic rings. The normalized spacial score (nSPS) is 13.0. The van der Waals surface area contributed by atoms with Gasteiger partial charge in [0.2, 0.25) is 0 Å². The van der Waals surface area contributed by atoms with Gasteiger partial charge in [-0.25, -0.2) is 0 Å². The highest BCUT2D eigenvalue weighted by atomic mass is 13.9. The zero-order valence-corrected chi connectivity index (χ0v) is 8.46. The second-order valence-corrected chi connectivity index (χ2v) is 3.20. The quantitative estimate of drug-likeness (QED) is 0.326. The van der Waals surface area contributed by atoms with Crippen LogP contribution in [0.3, 0.4) is 0 Å². The molecule has 0 aromatic heterocycles. The fourth-order valence-corrected chi connectivity index (χ4v) is 0.847. The minimum absolute atomic E-state index is 0.685. The zero-order chi connectivity index (χ0) is 9.23. The van der Waals surface area contributed by atoms with Crippen LogP contribution in [0, 0.1) is 5.92 Å². The smallest absolute Gasteiger partial charge is 0.0290 e. The topological polar surface area (TPSA) is 0 Å². The summed E-state index contributed by atoms with van der Waals surface area (Å²) in [6.07, 6.45) is 15.2. The molecule has 0 aromatic rings. The molecule has 0 unspecified atom stereocenters. The van der Waals surface area contributed by atoms with Gasteiger partial charge in [0.15, 0.2) is 0 Å². The maximum Gasteiger partial charge on any atom is -0.0290 e. The van der Waals surface area contributed by atoms with Crippen LogP contribution in [0.15, 0.2) is 36.5 Å². The Labute approximate surface area is 76.7 Å². The fraction of sp³-hybridized carbons (Fsp3) is 0.500. The van der Waals surface area contributed by atoms with Crippen molar-refractivity contribution in [1.82, 2.24) is 0 Å². The second kappa shape index (κ2) is 8.32. The van der Waals surface area contributed by atoms with Gasteiger partial charge in [-0.2, -0.15) is 0 Å². The van der Waals surface area contributed by atoms with E-state index in [1.54, 1.807) is 0 Å². The van der Waals surface area contributed by atoms with Gasteiger partial charge in [0.1, 0.15) is 0 Å². The Morgan fingerprint density at radius 2 is 1.67 bits per heavy atom. The van der Waals surface area contributed by atoms with Crippen molar-refractivity contribution in [2.24, 2.45) is 5.92 Å². The second-order valence-electron chi connectivity index (χ2n) is 3.20. The molecule has 0 bridgehead atoms. The molecule has 0 nitrogen and oxygen atoms in total. The van der Waals surface area contributed by atoms with Crippen molar-refractivity contribution in [2.45, 2.75) is 33.6 Å². The summed E-state index contributed by atoms with van der Waals surface area (Å²) in [4.78, 5) is 0. The minimum atomic E-state index is 0.685. The van der Waals surface area contributed by atoms with E-state index in [9.17, 15) is 0 Å². The van der Waals surface area contributed by atoms with Crippen molar-refractivity contribution < 1.29 is 0 Å². The Bertz CT molecular complexity index is 159. The summed E-state index contributed by atoms with van der Waals surface area (Å²) < 4.78 is 0. The van der Waals surface area contributed by atoms with E-state index in [0.29, 0.717) is 5.92 Å². The molecule has 0 amide bonds. The van der Waals surface area contributed by atoms with E-state index < -0.39 is 0 Å². The van der Waals surface area contributed by atoms with E-state index in [4.69, 9.17) is 0 Å². The molecule has 0 saturated carbocycles. The van der Waals surface area contributed by atoms with Gasteiger partial charge in [0.05, 0.1) is 0 Å². The van der Waals surface area contributed by atoms with Gasteiger partial charge in [0, 0.05) is 0 Å². The molecule has 0 aliphatic carbocycles. The number of rotatable bonds is 5. The standard InChI is InChI=1S/C12H20/c1-4-5-6-7-8-9-10-11-12(2)3/h4-7,10-12H,8-9H2,1-3H3/b5-4+,7-6+,11-10+. The third kappa shape index (κ3) is 9.22. The average Bonchev–Trinajstić information content (AvgIpc) is 2.02. The molecule has 0 spiro atoms. The van der Waals surface area contributed by atoms with Crippen LogP contribution in [0.5, 0.6) is 0 Å². The van der Waals surface area contributed by atoms with Gasteiger partial charge in [-0.15, -0.1) is 0 Å². The van der Waals surface area contributed by atoms with E-state index in [-0.39, 0.29) is 0 Å². The van der Waals surface area contributed by atoms with Crippen molar-refractivity contribution in [3.63, 3.8) is 0 Å². The maximum absolute atomic E-state index is 2.25. The summed E-state index contributed by atoms with van der Waals surface area (Å²) in [6, 6.07) is 0. The lowest BCUT2D eigenvalue weighted by molar-refractivity contribution is 0.823. The first kappa shape index (κ1) is 11.2. The van der Waals surface area contributed by atoms with Crippen LogP contribution in [0.4, 0.5) is 0 Å².